The topological polar surface area (TPSA) is 62.6 Å². The first-order valence-electron chi connectivity index (χ1n) is 5.97. The van der Waals surface area contributed by atoms with Gasteiger partial charge in [0.2, 0.25) is 0 Å². The zero-order valence-corrected chi connectivity index (χ0v) is 10.1. The standard InChI is InChI=1S/C12H18N2O3/c1-16-11(15)10-8-17-7-6-14(10)9-12(2-3-12)4-5-13/h10H,2-4,6-9H2,1H3. The molecule has 0 aromatic heterocycles. The summed E-state index contributed by atoms with van der Waals surface area (Å²) in [5.74, 6) is -0.238. The highest BCUT2D eigenvalue weighted by molar-refractivity contribution is 5.75. The van der Waals surface area contributed by atoms with E-state index in [4.69, 9.17) is 14.7 Å². The minimum Gasteiger partial charge on any atom is -0.468 e. The lowest BCUT2D eigenvalue weighted by atomic mass is 10.0. The van der Waals surface area contributed by atoms with Gasteiger partial charge in [-0.2, -0.15) is 5.26 Å². The lowest BCUT2D eigenvalue weighted by Crippen LogP contribution is -2.52. The summed E-state index contributed by atoms with van der Waals surface area (Å²) in [6.45, 7) is 2.60. The van der Waals surface area contributed by atoms with Crippen LogP contribution in [0.4, 0.5) is 0 Å². The van der Waals surface area contributed by atoms with Crippen molar-refractivity contribution in [1.29, 1.82) is 5.26 Å². The van der Waals surface area contributed by atoms with E-state index in [0.29, 0.717) is 19.6 Å². The van der Waals surface area contributed by atoms with E-state index < -0.39 is 0 Å². The Kier molecular flexibility index (Phi) is 3.65. The van der Waals surface area contributed by atoms with Crippen LogP contribution in [-0.4, -0.2) is 50.3 Å². The third-order valence-corrected chi connectivity index (χ3v) is 3.66. The molecular formula is C12H18N2O3. The molecule has 1 heterocycles. The summed E-state index contributed by atoms with van der Waals surface area (Å²) in [5, 5.41) is 8.81. The molecule has 1 aliphatic heterocycles. The molecule has 0 bridgehead atoms. The molecule has 1 aliphatic carbocycles. The smallest absolute Gasteiger partial charge is 0.325 e. The number of hydrogen-bond acceptors (Lipinski definition) is 5. The zero-order valence-electron chi connectivity index (χ0n) is 10.1. The van der Waals surface area contributed by atoms with E-state index in [1.807, 2.05) is 0 Å². The van der Waals surface area contributed by atoms with Crippen molar-refractivity contribution >= 4 is 5.97 Å². The largest absolute Gasteiger partial charge is 0.468 e. The maximum atomic E-state index is 11.6. The van der Waals surface area contributed by atoms with Crippen LogP contribution in [-0.2, 0) is 14.3 Å². The van der Waals surface area contributed by atoms with Gasteiger partial charge in [0.1, 0.15) is 6.04 Å². The molecule has 2 rings (SSSR count). The van der Waals surface area contributed by atoms with Crippen molar-refractivity contribution in [1.82, 2.24) is 4.90 Å². The number of methoxy groups -OCH3 is 1. The third-order valence-electron chi connectivity index (χ3n) is 3.66. The second-order valence-electron chi connectivity index (χ2n) is 4.92. The van der Waals surface area contributed by atoms with Gasteiger partial charge in [0, 0.05) is 19.5 Å². The monoisotopic (exact) mass is 238 g/mol. The number of hydrogen-bond donors (Lipinski definition) is 0. The summed E-state index contributed by atoms with van der Waals surface area (Å²) in [6, 6.07) is 1.94. The minimum absolute atomic E-state index is 0.123. The summed E-state index contributed by atoms with van der Waals surface area (Å²) in [4.78, 5) is 13.7. The average Bonchev–Trinajstić information content (AvgIpc) is 3.09. The molecule has 2 fully saturated rings. The number of carbonyl (C=O) groups is 1. The second-order valence-corrected chi connectivity index (χ2v) is 4.92. The molecule has 5 heteroatoms. The van der Waals surface area contributed by atoms with Gasteiger partial charge < -0.3 is 9.47 Å². The predicted molar refractivity (Wildman–Crippen MR) is 60.1 cm³/mol. The lowest BCUT2D eigenvalue weighted by molar-refractivity contribution is -0.153. The SMILES string of the molecule is COC(=O)C1COCCN1CC1(CC#N)CC1. The van der Waals surface area contributed by atoms with Crippen molar-refractivity contribution in [2.75, 3.05) is 33.4 Å². The number of esters is 1. The molecule has 0 N–H and O–H groups in total. The number of ether oxygens (including phenoxy) is 2. The summed E-state index contributed by atoms with van der Waals surface area (Å²) >= 11 is 0. The molecule has 1 atom stereocenters. The van der Waals surface area contributed by atoms with Gasteiger partial charge in [-0.25, -0.2) is 0 Å². The summed E-state index contributed by atoms with van der Waals surface area (Å²) in [6.07, 6.45) is 2.76. The molecule has 1 unspecified atom stereocenters. The Hall–Kier alpha value is -1.12. The number of rotatable bonds is 4. The molecule has 0 amide bonds. The van der Waals surface area contributed by atoms with E-state index in [1.165, 1.54) is 7.11 Å². The molecule has 94 valence electrons. The van der Waals surface area contributed by atoms with Crippen molar-refractivity contribution in [2.45, 2.75) is 25.3 Å². The van der Waals surface area contributed by atoms with Crippen LogP contribution in [0, 0.1) is 16.7 Å². The summed E-state index contributed by atoms with van der Waals surface area (Å²) < 4.78 is 10.1. The van der Waals surface area contributed by atoms with Crippen LogP contribution in [0.15, 0.2) is 0 Å². The van der Waals surface area contributed by atoms with Crippen LogP contribution in [0.25, 0.3) is 0 Å². The van der Waals surface area contributed by atoms with Crippen molar-refractivity contribution < 1.29 is 14.3 Å². The number of nitriles is 1. The Bertz CT molecular complexity index is 333. The van der Waals surface area contributed by atoms with E-state index in [2.05, 4.69) is 11.0 Å². The quantitative estimate of drug-likeness (QED) is 0.669. The van der Waals surface area contributed by atoms with Crippen LogP contribution >= 0.6 is 0 Å². The molecule has 2 aliphatic rings. The molecule has 1 saturated carbocycles. The maximum absolute atomic E-state index is 11.6. The fraction of sp³-hybridized carbons (Fsp3) is 0.833. The number of carbonyl (C=O) groups excluding carboxylic acids is 1. The Balaban J connectivity index is 1.97. The van der Waals surface area contributed by atoms with Crippen LogP contribution in [0.3, 0.4) is 0 Å². The van der Waals surface area contributed by atoms with Crippen molar-refractivity contribution in [2.24, 2.45) is 5.41 Å². The van der Waals surface area contributed by atoms with Crippen LogP contribution in [0.2, 0.25) is 0 Å². The molecule has 0 radical (unpaired) electrons. The van der Waals surface area contributed by atoms with Gasteiger partial charge in [0.05, 0.1) is 26.4 Å². The first-order chi connectivity index (χ1) is 8.21. The van der Waals surface area contributed by atoms with Gasteiger partial charge in [-0.15, -0.1) is 0 Å². The Morgan fingerprint density at radius 1 is 1.65 bits per heavy atom. The van der Waals surface area contributed by atoms with Gasteiger partial charge in [-0.1, -0.05) is 0 Å². The second kappa shape index (κ2) is 5.03. The fourth-order valence-electron chi connectivity index (χ4n) is 2.35. The molecule has 0 aromatic carbocycles. The number of morpholine rings is 1. The minimum atomic E-state index is -0.301. The van der Waals surface area contributed by atoms with Gasteiger partial charge in [-0.05, 0) is 18.3 Å². The molecule has 0 spiro atoms. The van der Waals surface area contributed by atoms with E-state index in [1.54, 1.807) is 0 Å². The van der Waals surface area contributed by atoms with Gasteiger partial charge in [0.15, 0.2) is 0 Å². The van der Waals surface area contributed by atoms with Gasteiger partial charge in [0.25, 0.3) is 0 Å². The third kappa shape index (κ3) is 2.76. The van der Waals surface area contributed by atoms with Crippen molar-refractivity contribution in [3.63, 3.8) is 0 Å². The maximum Gasteiger partial charge on any atom is 0.325 e. The molecule has 17 heavy (non-hydrogen) atoms. The van der Waals surface area contributed by atoms with E-state index >= 15 is 0 Å². The molecule has 5 nitrogen and oxygen atoms in total. The van der Waals surface area contributed by atoms with E-state index in [-0.39, 0.29) is 17.4 Å². The normalized spacial score (nSPS) is 27.2. The van der Waals surface area contributed by atoms with E-state index in [9.17, 15) is 4.79 Å². The van der Waals surface area contributed by atoms with E-state index in [0.717, 1.165) is 25.9 Å². The van der Waals surface area contributed by atoms with Crippen LogP contribution in [0.5, 0.6) is 0 Å². The summed E-state index contributed by atoms with van der Waals surface area (Å²) in [5.41, 5.74) is 0.123. The highest BCUT2D eigenvalue weighted by Crippen LogP contribution is 2.49. The molecule has 1 saturated heterocycles. The van der Waals surface area contributed by atoms with Crippen molar-refractivity contribution in [3.05, 3.63) is 0 Å². The highest BCUT2D eigenvalue weighted by atomic mass is 16.5. The zero-order chi connectivity index (χ0) is 12.3. The Morgan fingerprint density at radius 2 is 2.41 bits per heavy atom. The van der Waals surface area contributed by atoms with Crippen LogP contribution in [0.1, 0.15) is 19.3 Å². The predicted octanol–water partition coefficient (Wildman–Crippen LogP) is 0.554. The van der Waals surface area contributed by atoms with Gasteiger partial charge in [-0.3, -0.25) is 9.69 Å². The van der Waals surface area contributed by atoms with Crippen LogP contribution < -0.4 is 0 Å². The summed E-state index contributed by atoms with van der Waals surface area (Å²) in [7, 11) is 1.40. The Morgan fingerprint density at radius 3 is 3.00 bits per heavy atom. The van der Waals surface area contributed by atoms with Gasteiger partial charge >= 0.3 is 5.97 Å². The lowest BCUT2D eigenvalue weighted by Gasteiger charge is -2.35. The first-order valence-corrected chi connectivity index (χ1v) is 5.97. The van der Waals surface area contributed by atoms with Crippen molar-refractivity contribution in [3.8, 4) is 6.07 Å². The average molecular weight is 238 g/mol. The highest BCUT2D eigenvalue weighted by Gasteiger charge is 2.46. The number of nitrogens with zero attached hydrogens (tertiary/aromatic N) is 2. The first kappa shape index (κ1) is 12.3. The molecule has 0 aromatic rings. The Labute approximate surface area is 101 Å². The molecular weight excluding hydrogens is 220 g/mol. The fourth-order valence-corrected chi connectivity index (χ4v) is 2.35.